The Labute approximate surface area is 56.1 Å². The Morgan fingerprint density at radius 1 is 1.78 bits per heavy atom. The predicted octanol–water partition coefficient (Wildman–Crippen LogP) is 0.583. The number of rotatable bonds is 2. The van der Waals surface area contributed by atoms with Crippen LogP contribution in [0, 0.1) is 0 Å². The van der Waals surface area contributed by atoms with Crippen LogP contribution in [0.5, 0.6) is 0 Å². The molecule has 48 valence electrons. The highest BCUT2D eigenvalue weighted by atomic mass is 14.6. The first-order valence-electron chi connectivity index (χ1n) is 3.43. The standard InChI is InChI=1S/C7H10N2/c8-4-3-7-2-1-5-9-6-7/h1-2,5-6H,3-4,8H2/i4D. The van der Waals surface area contributed by atoms with E-state index in [1.54, 1.807) is 12.4 Å². The number of hydrogen-bond donors (Lipinski definition) is 1. The molecule has 1 aromatic heterocycles. The molecule has 0 amide bonds. The highest BCUT2D eigenvalue weighted by Gasteiger charge is 1.85. The maximum atomic E-state index is 7.07. The van der Waals surface area contributed by atoms with Gasteiger partial charge in [-0.3, -0.25) is 4.98 Å². The fourth-order valence-corrected chi connectivity index (χ4v) is 0.655. The van der Waals surface area contributed by atoms with Crippen LogP contribution in [-0.2, 0) is 6.42 Å². The van der Waals surface area contributed by atoms with Gasteiger partial charge in [0.15, 0.2) is 0 Å². The number of nitrogens with zero attached hydrogens (tertiary/aromatic N) is 1. The van der Waals surface area contributed by atoms with Gasteiger partial charge < -0.3 is 5.73 Å². The van der Waals surface area contributed by atoms with E-state index in [0.29, 0.717) is 6.42 Å². The van der Waals surface area contributed by atoms with Crippen LogP contribution in [0.25, 0.3) is 0 Å². The number of nitrogens with two attached hydrogens (primary N) is 1. The Morgan fingerprint density at radius 2 is 2.67 bits per heavy atom. The first-order valence-corrected chi connectivity index (χ1v) is 2.86. The molecule has 0 aromatic carbocycles. The quantitative estimate of drug-likeness (QED) is 0.624. The Balaban J connectivity index is 2.59. The van der Waals surface area contributed by atoms with Crippen molar-refractivity contribution in [2.24, 2.45) is 5.73 Å². The Kier molecular flexibility index (Phi) is 1.76. The zero-order chi connectivity index (χ0) is 7.40. The summed E-state index contributed by atoms with van der Waals surface area (Å²) in [6, 6.07) is 3.76. The monoisotopic (exact) mass is 123 g/mol. The average molecular weight is 123 g/mol. The fourth-order valence-electron chi connectivity index (χ4n) is 0.655. The summed E-state index contributed by atoms with van der Waals surface area (Å²) < 4.78 is 7.07. The number of pyridine rings is 1. The summed E-state index contributed by atoms with van der Waals surface area (Å²) in [5.41, 5.74) is 6.28. The van der Waals surface area contributed by atoms with Crippen LogP contribution < -0.4 is 5.73 Å². The molecule has 1 rings (SSSR count). The van der Waals surface area contributed by atoms with E-state index in [4.69, 9.17) is 7.10 Å². The number of aryl methyl sites for hydroxylation is 1. The van der Waals surface area contributed by atoms with Crippen molar-refractivity contribution in [3.8, 4) is 0 Å². The molecule has 1 atom stereocenters. The summed E-state index contributed by atoms with van der Waals surface area (Å²) in [7, 11) is 0. The van der Waals surface area contributed by atoms with E-state index in [1.807, 2.05) is 12.1 Å². The van der Waals surface area contributed by atoms with Gasteiger partial charge in [0.25, 0.3) is 0 Å². The third-order valence-electron chi connectivity index (χ3n) is 1.08. The molecule has 9 heavy (non-hydrogen) atoms. The Bertz CT molecular complexity index is 186. The first-order chi connectivity index (χ1) is 4.79. The van der Waals surface area contributed by atoms with Crippen LogP contribution >= 0.6 is 0 Å². The lowest BCUT2D eigenvalue weighted by Gasteiger charge is -1.93. The molecule has 0 aliphatic rings. The third-order valence-corrected chi connectivity index (χ3v) is 1.08. The van der Waals surface area contributed by atoms with Crippen molar-refractivity contribution in [1.29, 1.82) is 0 Å². The molecular weight excluding hydrogens is 112 g/mol. The molecule has 0 saturated heterocycles. The van der Waals surface area contributed by atoms with E-state index >= 15 is 0 Å². The molecule has 1 aromatic rings. The second kappa shape index (κ2) is 3.20. The summed E-state index contributed by atoms with van der Waals surface area (Å²) in [6.45, 7) is -0.524. The topological polar surface area (TPSA) is 38.9 Å². The molecule has 0 saturated carbocycles. The predicted molar refractivity (Wildman–Crippen MR) is 37.0 cm³/mol. The van der Waals surface area contributed by atoms with Gasteiger partial charge in [-0.2, -0.15) is 0 Å². The zero-order valence-corrected chi connectivity index (χ0v) is 5.12. The molecule has 0 bridgehead atoms. The van der Waals surface area contributed by atoms with Crippen molar-refractivity contribution < 1.29 is 1.37 Å². The Hall–Kier alpha value is -0.890. The van der Waals surface area contributed by atoms with Crippen molar-refractivity contribution in [1.82, 2.24) is 4.98 Å². The maximum Gasteiger partial charge on any atom is 0.0429 e. The lowest BCUT2D eigenvalue weighted by molar-refractivity contribution is 0.959. The van der Waals surface area contributed by atoms with E-state index in [1.165, 1.54) is 0 Å². The van der Waals surface area contributed by atoms with E-state index in [-0.39, 0.29) is 0 Å². The lowest BCUT2D eigenvalue weighted by atomic mass is 10.2. The Morgan fingerprint density at radius 3 is 3.22 bits per heavy atom. The first kappa shape index (κ1) is 4.94. The summed E-state index contributed by atoms with van der Waals surface area (Å²) in [5.74, 6) is 0. The normalized spacial score (nSPS) is 14.6. The van der Waals surface area contributed by atoms with Gasteiger partial charge in [0.05, 0.1) is 0 Å². The molecule has 1 heterocycles. The minimum Gasteiger partial charge on any atom is -0.330 e. The van der Waals surface area contributed by atoms with Crippen molar-refractivity contribution in [3.05, 3.63) is 30.1 Å². The fraction of sp³-hybridized carbons (Fsp3) is 0.286. The minimum absolute atomic E-state index is 0.524. The molecule has 0 aliphatic heterocycles. The van der Waals surface area contributed by atoms with E-state index < -0.39 is 6.52 Å². The van der Waals surface area contributed by atoms with Crippen molar-refractivity contribution in [2.45, 2.75) is 6.42 Å². The van der Waals surface area contributed by atoms with E-state index in [9.17, 15) is 0 Å². The SMILES string of the molecule is [2H]C(N)Cc1cccnc1. The van der Waals surface area contributed by atoms with Gasteiger partial charge in [0, 0.05) is 13.8 Å². The molecule has 0 fully saturated rings. The third kappa shape index (κ3) is 1.82. The largest absolute Gasteiger partial charge is 0.330 e. The second-order valence-corrected chi connectivity index (χ2v) is 1.80. The highest BCUT2D eigenvalue weighted by molar-refractivity contribution is 5.08. The van der Waals surface area contributed by atoms with Crippen molar-refractivity contribution >= 4 is 0 Å². The zero-order valence-electron chi connectivity index (χ0n) is 6.12. The van der Waals surface area contributed by atoms with Crippen LogP contribution in [0.2, 0.25) is 0 Å². The van der Waals surface area contributed by atoms with Crippen LogP contribution in [0.3, 0.4) is 0 Å². The number of aromatic nitrogens is 1. The van der Waals surface area contributed by atoms with Gasteiger partial charge in [0.1, 0.15) is 0 Å². The van der Waals surface area contributed by atoms with Gasteiger partial charge in [0.2, 0.25) is 0 Å². The maximum absolute atomic E-state index is 7.07. The molecule has 2 nitrogen and oxygen atoms in total. The highest BCUT2D eigenvalue weighted by Crippen LogP contribution is 1.93. The van der Waals surface area contributed by atoms with Crippen LogP contribution in [0.1, 0.15) is 6.93 Å². The summed E-state index contributed by atoms with van der Waals surface area (Å²) in [6.07, 6.45) is 4.02. The average Bonchev–Trinajstić information content (AvgIpc) is 1.88. The molecular formula is C7H10N2. The molecule has 2 heteroatoms. The minimum atomic E-state index is -0.524. The van der Waals surface area contributed by atoms with Gasteiger partial charge in [-0.05, 0) is 24.6 Å². The van der Waals surface area contributed by atoms with E-state index in [0.717, 1.165) is 5.56 Å². The van der Waals surface area contributed by atoms with Gasteiger partial charge in [-0.25, -0.2) is 0 Å². The van der Waals surface area contributed by atoms with Gasteiger partial charge in [-0.15, -0.1) is 0 Å². The van der Waals surface area contributed by atoms with E-state index in [2.05, 4.69) is 4.98 Å². The molecule has 0 spiro atoms. The molecule has 0 radical (unpaired) electrons. The van der Waals surface area contributed by atoms with Crippen molar-refractivity contribution in [2.75, 3.05) is 6.52 Å². The van der Waals surface area contributed by atoms with Crippen LogP contribution in [-0.4, -0.2) is 11.5 Å². The second-order valence-electron chi connectivity index (χ2n) is 1.80. The van der Waals surface area contributed by atoms with Crippen molar-refractivity contribution in [3.63, 3.8) is 0 Å². The van der Waals surface area contributed by atoms with Gasteiger partial charge in [-0.1, -0.05) is 6.07 Å². The molecule has 2 N–H and O–H groups in total. The summed E-state index contributed by atoms with van der Waals surface area (Å²) in [5, 5.41) is 0. The van der Waals surface area contributed by atoms with Crippen LogP contribution in [0.4, 0.5) is 0 Å². The molecule has 1 unspecified atom stereocenters. The summed E-state index contributed by atoms with van der Waals surface area (Å²) in [4.78, 5) is 3.90. The van der Waals surface area contributed by atoms with Gasteiger partial charge >= 0.3 is 0 Å². The number of hydrogen-bond acceptors (Lipinski definition) is 2. The molecule has 0 aliphatic carbocycles. The van der Waals surface area contributed by atoms with Crippen LogP contribution in [0.15, 0.2) is 24.5 Å². The lowest BCUT2D eigenvalue weighted by Crippen LogP contribution is -2.02. The smallest absolute Gasteiger partial charge is 0.0429 e. The summed E-state index contributed by atoms with van der Waals surface area (Å²) >= 11 is 0.